The van der Waals surface area contributed by atoms with Gasteiger partial charge < -0.3 is 5.32 Å². The van der Waals surface area contributed by atoms with Crippen LogP contribution < -0.4 is 5.32 Å². The number of anilines is 1. The number of carbonyl (C=O) groups excluding carboxylic acids is 1. The molecule has 0 heterocycles. The molecule has 3 nitrogen and oxygen atoms in total. The first-order valence-corrected chi connectivity index (χ1v) is 7.13. The summed E-state index contributed by atoms with van der Waals surface area (Å²) in [7, 11) is 2.05. The Morgan fingerprint density at radius 2 is 2.00 bits per heavy atom. The number of amides is 1. The van der Waals surface area contributed by atoms with Crippen molar-refractivity contribution < 1.29 is 4.79 Å². The van der Waals surface area contributed by atoms with Gasteiger partial charge in [-0.25, -0.2) is 0 Å². The van der Waals surface area contributed by atoms with Gasteiger partial charge in [0.1, 0.15) is 0 Å². The first-order valence-electron chi connectivity index (χ1n) is 7.13. The van der Waals surface area contributed by atoms with Crippen LogP contribution in [0.2, 0.25) is 0 Å². The molecular weight excluding hydrogens is 236 g/mol. The zero-order valence-corrected chi connectivity index (χ0v) is 12.2. The number of rotatable bonds is 4. The third kappa shape index (κ3) is 3.80. The minimum Gasteiger partial charge on any atom is -0.325 e. The summed E-state index contributed by atoms with van der Waals surface area (Å²) in [6, 6.07) is 6.70. The van der Waals surface area contributed by atoms with E-state index in [1.807, 2.05) is 19.1 Å². The lowest BCUT2D eigenvalue weighted by atomic mass is 10.1. The van der Waals surface area contributed by atoms with Crippen LogP contribution in [-0.2, 0) is 4.79 Å². The quantitative estimate of drug-likeness (QED) is 0.902. The van der Waals surface area contributed by atoms with E-state index in [0.717, 1.165) is 11.3 Å². The van der Waals surface area contributed by atoms with Crippen molar-refractivity contribution in [3.63, 3.8) is 0 Å². The molecule has 0 aliphatic heterocycles. The summed E-state index contributed by atoms with van der Waals surface area (Å²) in [5, 5.41) is 3.01. The Morgan fingerprint density at radius 1 is 1.32 bits per heavy atom. The zero-order chi connectivity index (χ0) is 13.8. The van der Waals surface area contributed by atoms with Crippen LogP contribution >= 0.6 is 0 Å². The van der Waals surface area contributed by atoms with Crippen molar-refractivity contribution >= 4 is 11.6 Å². The molecule has 1 aromatic rings. The molecule has 0 bridgehead atoms. The van der Waals surface area contributed by atoms with Gasteiger partial charge in [-0.15, -0.1) is 0 Å². The van der Waals surface area contributed by atoms with Crippen molar-refractivity contribution in [3.05, 3.63) is 29.3 Å². The third-order valence-electron chi connectivity index (χ3n) is 4.00. The number of benzene rings is 1. The highest BCUT2D eigenvalue weighted by Crippen LogP contribution is 2.22. The molecule has 0 unspecified atom stereocenters. The predicted octanol–water partition coefficient (Wildman–Crippen LogP) is 3.12. The fraction of sp³-hybridized carbons (Fsp3) is 0.562. The number of carbonyl (C=O) groups is 1. The van der Waals surface area contributed by atoms with Gasteiger partial charge in [-0.3, -0.25) is 9.69 Å². The van der Waals surface area contributed by atoms with Crippen molar-refractivity contribution in [2.45, 2.75) is 45.6 Å². The number of nitrogens with one attached hydrogen (secondary N) is 1. The standard InChI is InChI=1S/C16H24N2O/c1-12-8-9-15(13(2)10-12)17-16(19)11-18(3)14-6-4-5-7-14/h8-10,14H,4-7,11H2,1-3H3,(H,17,19). The maximum atomic E-state index is 12.1. The molecule has 0 atom stereocenters. The van der Waals surface area contributed by atoms with Crippen LogP contribution in [0.3, 0.4) is 0 Å². The first-order chi connectivity index (χ1) is 9.06. The maximum absolute atomic E-state index is 12.1. The second kappa shape index (κ2) is 6.20. The molecule has 1 fully saturated rings. The van der Waals surface area contributed by atoms with Crippen molar-refractivity contribution in [3.8, 4) is 0 Å². The van der Waals surface area contributed by atoms with E-state index >= 15 is 0 Å². The molecule has 1 amide bonds. The predicted molar refractivity (Wildman–Crippen MR) is 79.4 cm³/mol. The third-order valence-corrected chi connectivity index (χ3v) is 4.00. The molecule has 3 heteroatoms. The topological polar surface area (TPSA) is 32.3 Å². The fourth-order valence-electron chi connectivity index (χ4n) is 2.84. The molecule has 1 saturated carbocycles. The van der Waals surface area contributed by atoms with E-state index < -0.39 is 0 Å². The van der Waals surface area contributed by atoms with Crippen LogP contribution in [-0.4, -0.2) is 30.4 Å². The van der Waals surface area contributed by atoms with Gasteiger partial charge in [0.2, 0.25) is 5.91 Å². The van der Waals surface area contributed by atoms with Crippen LogP contribution in [0.25, 0.3) is 0 Å². The summed E-state index contributed by atoms with van der Waals surface area (Å²) in [5.41, 5.74) is 3.27. The summed E-state index contributed by atoms with van der Waals surface area (Å²) in [4.78, 5) is 14.3. The van der Waals surface area contributed by atoms with Gasteiger partial charge in [-0.1, -0.05) is 30.5 Å². The molecule has 1 aliphatic rings. The monoisotopic (exact) mass is 260 g/mol. The highest BCUT2D eigenvalue weighted by atomic mass is 16.2. The Bertz CT molecular complexity index is 450. The van der Waals surface area contributed by atoms with Crippen molar-refractivity contribution in [1.82, 2.24) is 4.90 Å². The molecule has 2 rings (SSSR count). The fourth-order valence-corrected chi connectivity index (χ4v) is 2.84. The summed E-state index contributed by atoms with van der Waals surface area (Å²) < 4.78 is 0. The van der Waals surface area contributed by atoms with E-state index in [0.29, 0.717) is 12.6 Å². The smallest absolute Gasteiger partial charge is 0.238 e. The molecule has 0 spiro atoms. The van der Waals surface area contributed by atoms with Gasteiger partial charge >= 0.3 is 0 Å². The Balaban J connectivity index is 1.89. The van der Waals surface area contributed by atoms with Gasteiger partial charge in [0.05, 0.1) is 6.54 Å². The lowest BCUT2D eigenvalue weighted by molar-refractivity contribution is -0.117. The van der Waals surface area contributed by atoms with E-state index in [1.165, 1.54) is 31.2 Å². The highest BCUT2D eigenvalue weighted by Gasteiger charge is 2.21. The second-order valence-corrected chi connectivity index (χ2v) is 5.72. The zero-order valence-electron chi connectivity index (χ0n) is 12.2. The van der Waals surface area contributed by atoms with Gasteiger partial charge in [0, 0.05) is 11.7 Å². The number of likely N-dealkylation sites (N-methyl/N-ethyl adjacent to an activating group) is 1. The minimum atomic E-state index is 0.0846. The van der Waals surface area contributed by atoms with Crippen LogP contribution in [0.5, 0.6) is 0 Å². The summed E-state index contributed by atoms with van der Waals surface area (Å²) >= 11 is 0. The van der Waals surface area contributed by atoms with Crippen molar-refractivity contribution in [2.24, 2.45) is 0 Å². The van der Waals surface area contributed by atoms with Crippen LogP contribution in [0.15, 0.2) is 18.2 Å². The van der Waals surface area contributed by atoms with Crippen LogP contribution in [0.4, 0.5) is 5.69 Å². The van der Waals surface area contributed by atoms with Gasteiger partial charge in [-0.05, 0) is 45.4 Å². The molecule has 1 aromatic carbocycles. The van der Waals surface area contributed by atoms with Gasteiger partial charge in [-0.2, -0.15) is 0 Å². The number of hydrogen-bond acceptors (Lipinski definition) is 2. The summed E-state index contributed by atoms with van der Waals surface area (Å²) in [6.07, 6.45) is 5.06. The van der Waals surface area contributed by atoms with Crippen LogP contribution in [0.1, 0.15) is 36.8 Å². The van der Waals surface area contributed by atoms with Gasteiger partial charge in [0.25, 0.3) is 0 Å². The summed E-state index contributed by atoms with van der Waals surface area (Å²) in [5.74, 6) is 0.0846. The lowest BCUT2D eigenvalue weighted by Crippen LogP contribution is -2.36. The molecule has 1 aliphatic carbocycles. The van der Waals surface area contributed by atoms with E-state index in [2.05, 4.69) is 30.3 Å². The molecule has 0 saturated heterocycles. The first kappa shape index (κ1) is 14.1. The Kier molecular flexibility index (Phi) is 4.59. The molecular formula is C16H24N2O. The molecule has 1 N–H and O–H groups in total. The van der Waals surface area contributed by atoms with E-state index in [-0.39, 0.29) is 5.91 Å². The molecule has 0 radical (unpaired) electrons. The Hall–Kier alpha value is -1.35. The van der Waals surface area contributed by atoms with Crippen molar-refractivity contribution in [2.75, 3.05) is 18.9 Å². The lowest BCUT2D eigenvalue weighted by Gasteiger charge is -2.23. The van der Waals surface area contributed by atoms with E-state index in [4.69, 9.17) is 0 Å². The van der Waals surface area contributed by atoms with Crippen LogP contribution in [0, 0.1) is 13.8 Å². The minimum absolute atomic E-state index is 0.0846. The summed E-state index contributed by atoms with van der Waals surface area (Å²) in [6.45, 7) is 4.58. The average molecular weight is 260 g/mol. The van der Waals surface area contributed by atoms with E-state index in [9.17, 15) is 4.79 Å². The Morgan fingerprint density at radius 3 is 2.63 bits per heavy atom. The normalized spacial score (nSPS) is 16.0. The number of aryl methyl sites for hydroxylation is 2. The number of nitrogens with zero attached hydrogens (tertiary/aromatic N) is 1. The number of hydrogen-bond donors (Lipinski definition) is 1. The second-order valence-electron chi connectivity index (χ2n) is 5.72. The maximum Gasteiger partial charge on any atom is 0.238 e. The SMILES string of the molecule is Cc1ccc(NC(=O)CN(C)C2CCCC2)c(C)c1. The highest BCUT2D eigenvalue weighted by molar-refractivity contribution is 5.93. The van der Waals surface area contributed by atoms with Crippen molar-refractivity contribution in [1.29, 1.82) is 0 Å². The largest absolute Gasteiger partial charge is 0.325 e. The van der Waals surface area contributed by atoms with Gasteiger partial charge in [0.15, 0.2) is 0 Å². The molecule has 0 aromatic heterocycles. The average Bonchev–Trinajstić information content (AvgIpc) is 2.86. The Labute approximate surface area is 116 Å². The molecule has 19 heavy (non-hydrogen) atoms. The van der Waals surface area contributed by atoms with E-state index in [1.54, 1.807) is 0 Å². The molecule has 104 valence electrons.